The summed E-state index contributed by atoms with van der Waals surface area (Å²) in [6, 6.07) is -0.0198. The zero-order valence-corrected chi connectivity index (χ0v) is 10.5. The van der Waals surface area contributed by atoms with Gasteiger partial charge in [-0.25, -0.2) is 8.42 Å². The number of hydrogen-bond donors (Lipinski definition) is 1. The molecule has 0 radical (unpaired) electrons. The monoisotopic (exact) mass is 248 g/mol. The van der Waals surface area contributed by atoms with Crippen molar-refractivity contribution in [3.05, 3.63) is 0 Å². The predicted octanol–water partition coefficient (Wildman–Crippen LogP) is -0.211. The van der Waals surface area contributed by atoms with E-state index in [1.807, 2.05) is 6.92 Å². The Labute approximate surface area is 97.2 Å². The van der Waals surface area contributed by atoms with E-state index in [4.69, 9.17) is 4.74 Å². The third kappa shape index (κ3) is 2.40. The van der Waals surface area contributed by atoms with Crippen LogP contribution in [0.3, 0.4) is 0 Å². The highest BCUT2D eigenvalue weighted by molar-refractivity contribution is 7.89. The molecule has 0 aliphatic carbocycles. The van der Waals surface area contributed by atoms with Crippen LogP contribution in [0.15, 0.2) is 0 Å². The molecular formula is C10H20N2O3S. The van der Waals surface area contributed by atoms with Crippen LogP contribution in [0.1, 0.15) is 19.8 Å². The molecule has 2 aliphatic rings. The van der Waals surface area contributed by atoms with Gasteiger partial charge in [-0.15, -0.1) is 0 Å². The van der Waals surface area contributed by atoms with Gasteiger partial charge in [-0.05, 0) is 32.9 Å². The molecular weight excluding hydrogens is 228 g/mol. The largest absolute Gasteiger partial charge is 0.378 e. The van der Waals surface area contributed by atoms with Gasteiger partial charge in [0.25, 0.3) is 0 Å². The van der Waals surface area contributed by atoms with Crippen LogP contribution in [0, 0.1) is 0 Å². The molecule has 0 aromatic rings. The summed E-state index contributed by atoms with van der Waals surface area (Å²) in [4.78, 5) is 0. The van der Waals surface area contributed by atoms with Crippen LogP contribution in [0.25, 0.3) is 0 Å². The molecule has 0 amide bonds. The molecule has 1 atom stereocenters. The standard InChI is InChI=1S/C10H20N2O3S/c1-9-8-15-7-6-12(9)16(13,14)10-2-4-11-5-3-10/h9-11H,2-8H2,1H3. The zero-order chi connectivity index (χ0) is 11.6. The molecule has 1 unspecified atom stereocenters. The Morgan fingerprint density at radius 1 is 1.31 bits per heavy atom. The molecule has 2 aliphatic heterocycles. The van der Waals surface area contributed by atoms with Gasteiger partial charge >= 0.3 is 0 Å². The van der Waals surface area contributed by atoms with Crippen molar-refractivity contribution in [3.8, 4) is 0 Å². The van der Waals surface area contributed by atoms with Crippen LogP contribution >= 0.6 is 0 Å². The van der Waals surface area contributed by atoms with Crippen molar-refractivity contribution < 1.29 is 13.2 Å². The number of nitrogens with zero attached hydrogens (tertiary/aromatic N) is 1. The van der Waals surface area contributed by atoms with E-state index >= 15 is 0 Å². The second-order valence-corrected chi connectivity index (χ2v) is 6.69. The molecule has 2 fully saturated rings. The van der Waals surface area contributed by atoms with Gasteiger partial charge < -0.3 is 10.1 Å². The van der Waals surface area contributed by atoms with E-state index in [1.54, 1.807) is 4.31 Å². The Bertz CT molecular complexity index is 325. The Morgan fingerprint density at radius 3 is 2.62 bits per heavy atom. The van der Waals surface area contributed by atoms with Gasteiger partial charge in [0, 0.05) is 12.6 Å². The first-order chi connectivity index (χ1) is 7.62. The lowest BCUT2D eigenvalue weighted by Gasteiger charge is -2.36. The maximum atomic E-state index is 12.4. The lowest BCUT2D eigenvalue weighted by molar-refractivity contribution is 0.0386. The van der Waals surface area contributed by atoms with Crippen LogP contribution in [0.2, 0.25) is 0 Å². The van der Waals surface area contributed by atoms with Gasteiger partial charge in [0.2, 0.25) is 10.0 Å². The number of rotatable bonds is 2. The highest BCUT2D eigenvalue weighted by Gasteiger charge is 2.36. The molecule has 2 rings (SSSR count). The zero-order valence-electron chi connectivity index (χ0n) is 9.68. The van der Waals surface area contributed by atoms with Crippen LogP contribution in [-0.2, 0) is 14.8 Å². The summed E-state index contributed by atoms with van der Waals surface area (Å²) in [6.07, 6.45) is 1.46. The first kappa shape index (κ1) is 12.3. The summed E-state index contributed by atoms with van der Waals surface area (Å²) >= 11 is 0. The van der Waals surface area contributed by atoms with Crippen molar-refractivity contribution in [2.45, 2.75) is 31.1 Å². The van der Waals surface area contributed by atoms with E-state index in [9.17, 15) is 8.42 Å². The van der Waals surface area contributed by atoms with Gasteiger partial charge in [0.1, 0.15) is 0 Å². The predicted molar refractivity (Wildman–Crippen MR) is 61.8 cm³/mol. The smallest absolute Gasteiger partial charge is 0.217 e. The van der Waals surface area contributed by atoms with Gasteiger partial charge in [-0.1, -0.05) is 0 Å². The fourth-order valence-corrected chi connectivity index (χ4v) is 4.48. The maximum Gasteiger partial charge on any atom is 0.217 e. The van der Waals surface area contributed by atoms with E-state index in [-0.39, 0.29) is 11.3 Å². The normalized spacial score (nSPS) is 30.4. The van der Waals surface area contributed by atoms with Crippen LogP contribution < -0.4 is 5.32 Å². The molecule has 2 heterocycles. The quantitative estimate of drug-likeness (QED) is 0.734. The fourth-order valence-electron chi connectivity index (χ4n) is 2.37. The number of ether oxygens (including phenoxy) is 1. The topological polar surface area (TPSA) is 58.6 Å². The number of nitrogens with one attached hydrogen (secondary N) is 1. The first-order valence-corrected chi connectivity index (χ1v) is 7.42. The number of piperidine rings is 1. The third-order valence-electron chi connectivity index (χ3n) is 3.34. The second kappa shape index (κ2) is 5.00. The Kier molecular flexibility index (Phi) is 3.84. The van der Waals surface area contributed by atoms with E-state index < -0.39 is 10.0 Å². The van der Waals surface area contributed by atoms with E-state index in [0.29, 0.717) is 19.8 Å². The lowest BCUT2D eigenvalue weighted by Crippen LogP contribution is -2.52. The van der Waals surface area contributed by atoms with Gasteiger partial charge in [0.15, 0.2) is 0 Å². The number of hydrogen-bond acceptors (Lipinski definition) is 4. The molecule has 0 aromatic heterocycles. The first-order valence-electron chi connectivity index (χ1n) is 5.91. The SMILES string of the molecule is CC1COCCN1S(=O)(=O)C1CCNCC1. The van der Waals surface area contributed by atoms with Crippen molar-refractivity contribution >= 4 is 10.0 Å². The van der Waals surface area contributed by atoms with E-state index in [2.05, 4.69) is 5.32 Å². The van der Waals surface area contributed by atoms with Crippen molar-refractivity contribution in [2.24, 2.45) is 0 Å². The van der Waals surface area contributed by atoms with Gasteiger partial charge in [0.05, 0.1) is 18.5 Å². The number of sulfonamides is 1. The fraction of sp³-hybridized carbons (Fsp3) is 1.00. The summed E-state index contributed by atoms with van der Waals surface area (Å²) < 4.78 is 31.7. The summed E-state index contributed by atoms with van der Waals surface area (Å²) in [7, 11) is -3.12. The van der Waals surface area contributed by atoms with Crippen molar-refractivity contribution in [1.82, 2.24) is 9.62 Å². The summed E-state index contributed by atoms with van der Waals surface area (Å²) in [6.45, 7) is 5.08. The summed E-state index contributed by atoms with van der Waals surface area (Å²) in [5.74, 6) is 0. The van der Waals surface area contributed by atoms with Crippen molar-refractivity contribution in [3.63, 3.8) is 0 Å². The minimum absolute atomic E-state index is 0.0198. The minimum atomic E-state index is -3.12. The average molecular weight is 248 g/mol. The highest BCUT2D eigenvalue weighted by atomic mass is 32.2. The molecule has 5 nitrogen and oxygen atoms in total. The molecule has 94 valence electrons. The molecule has 0 bridgehead atoms. The van der Waals surface area contributed by atoms with Crippen LogP contribution in [-0.4, -0.2) is 56.9 Å². The van der Waals surface area contributed by atoms with E-state index in [0.717, 1.165) is 25.9 Å². The Morgan fingerprint density at radius 2 is 2.00 bits per heavy atom. The molecule has 6 heteroatoms. The molecule has 1 N–H and O–H groups in total. The lowest BCUT2D eigenvalue weighted by atomic mass is 10.2. The molecule has 2 saturated heterocycles. The highest BCUT2D eigenvalue weighted by Crippen LogP contribution is 2.21. The second-order valence-electron chi connectivity index (χ2n) is 4.53. The molecule has 16 heavy (non-hydrogen) atoms. The Balaban J connectivity index is 2.10. The van der Waals surface area contributed by atoms with E-state index in [1.165, 1.54) is 0 Å². The maximum absolute atomic E-state index is 12.4. The molecule has 0 aromatic carbocycles. The minimum Gasteiger partial charge on any atom is -0.378 e. The summed E-state index contributed by atoms with van der Waals surface area (Å²) in [5.41, 5.74) is 0. The summed E-state index contributed by atoms with van der Waals surface area (Å²) in [5, 5.41) is 2.99. The average Bonchev–Trinajstić information content (AvgIpc) is 2.30. The van der Waals surface area contributed by atoms with Crippen LogP contribution in [0.4, 0.5) is 0 Å². The van der Waals surface area contributed by atoms with Gasteiger partial charge in [-0.2, -0.15) is 4.31 Å². The molecule has 0 saturated carbocycles. The number of morpholine rings is 1. The Hall–Kier alpha value is -0.170. The third-order valence-corrected chi connectivity index (χ3v) is 5.85. The van der Waals surface area contributed by atoms with Crippen LogP contribution in [0.5, 0.6) is 0 Å². The molecule has 0 spiro atoms. The van der Waals surface area contributed by atoms with Crippen molar-refractivity contribution in [2.75, 3.05) is 32.8 Å². The van der Waals surface area contributed by atoms with Gasteiger partial charge in [-0.3, -0.25) is 0 Å². The van der Waals surface area contributed by atoms with Crippen molar-refractivity contribution in [1.29, 1.82) is 0 Å².